The van der Waals surface area contributed by atoms with Gasteiger partial charge in [0, 0.05) is 12.4 Å². The molecule has 2 unspecified atom stereocenters. The van der Waals surface area contributed by atoms with Gasteiger partial charge in [0.2, 0.25) is 0 Å². The third-order valence-electron chi connectivity index (χ3n) is 1.87. The number of aliphatic hydroxyl groups excluding tert-OH is 1. The fourth-order valence-corrected chi connectivity index (χ4v) is 1.06. The predicted octanol–water partition coefficient (Wildman–Crippen LogP) is -3.86. The number of halogens is 1. The van der Waals surface area contributed by atoms with Crippen molar-refractivity contribution in [2.75, 3.05) is 12.5 Å². The van der Waals surface area contributed by atoms with Gasteiger partial charge in [-0.15, -0.1) is 11.6 Å². The van der Waals surface area contributed by atoms with E-state index < -0.39 is 49.1 Å². The number of aliphatic carboxylic acids is 2. The second-order valence-electron chi connectivity index (χ2n) is 3.54. The first kappa shape index (κ1) is 16.6. The summed E-state index contributed by atoms with van der Waals surface area (Å²) in [6.07, 6.45) is -3.60. The van der Waals surface area contributed by atoms with Crippen molar-refractivity contribution in [1.29, 1.82) is 0 Å². The van der Waals surface area contributed by atoms with Crippen LogP contribution in [0, 0.1) is 0 Å². The molecule has 2 N–H and O–H groups in total. The number of carbonyl (C=O) groups is 3. The standard InChI is InChI=1S/C9H13ClO8/c10-3-5(11)4-18-7(14)2-9(17,8(15)16)1-6(12)13/h5,11,17H,1-4H2,(H,12,13)(H,15,16)/p-2. The normalized spacial score (nSPS) is 15.5. The Kier molecular flexibility index (Phi) is 6.60. The van der Waals surface area contributed by atoms with Crippen molar-refractivity contribution in [3.8, 4) is 0 Å². The number of carboxylic acid groups (broad SMARTS) is 2. The van der Waals surface area contributed by atoms with Crippen LogP contribution in [0.1, 0.15) is 12.8 Å². The maximum Gasteiger partial charge on any atom is 0.309 e. The molecular formula is C9H11ClO8-2. The maximum atomic E-state index is 11.1. The van der Waals surface area contributed by atoms with Crippen LogP contribution >= 0.6 is 11.6 Å². The zero-order valence-electron chi connectivity index (χ0n) is 9.13. The highest BCUT2D eigenvalue weighted by molar-refractivity contribution is 6.18. The Morgan fingerprint density at radius 3 is 2.22 bits per heavy atom. The van der Waals surface area contributed by atoms with Crippen LogP contribution in [-0.2, 0) is 19.1 Å². The maximum absolute atomic E-state index is 11.1. The highest BCUT2D eigenvalue weighted by Crippen LogP contribution is 2.15. The van der Waals surface area contributed by atoms with E-state index in [-0.39, 0.29) is 5.88 Å². The van der Waals surface area contributed by atoms with E-state index in [0.717, 1.165) is 0 Å². The van der Waals surface area contributed by atoms with Crippen LogP contribution in [-0.4, -0.2) is 52.3 Å². The number of aliphatic hydroxyl groups is 2. The molecule has 0 saturated carbocycles. The van der Waals surface area contributed by atoms with Crippen molar-refractivity contribution < 1.29 is 39.5 Å². The SMILES string of the molecule is O=C([O-])CC(O)(CC(=O)OCC(O)CCl)C(=O)[O-]. The smallest absolute Gasteiger partial charge is 0.309 e. The summed E-state index contributed by atoms with van der Waals surface area (Å²) in [7, 11) is 0. The summed E-state index contributed by atoms with van der Waals surface area (Å²) >= 11 is 5.21. The largest absolute Gasteiger partial charge is 0.550 e. The molecule has 0 rings (SSSR count). The molecule has 2 atom stereocenters. The Morgan fingerprint density at radius 1 is 1.28 bits per heavy atom. The van der Waals surface area contributed by atoms with Gasteiger partial charge < -0.3 is 34.8 Å². The molecule has 8 nitrogen and oxygen atoms in total. The van der Waals surface area contributed by atoms with Gasteiger partial charge >= 0.3 is 5.97 Å². The number of rotatable bonds is 8. The lowest BCUT2D eigenvalue weighted by Gasteiger charge is -2.28. The molecule has 0 amide bonds. The number of hydrogen-bond donors (Lipinski definition) is 2. The van der Waals surface area contributed by atoms with E-state index >= 15 is 0 Å². The number of alkyl halides is 1. The number of esters is 1. The minimum Gasteiger partial charge on any atom is -0.550 e. The van der Waals surface area contributed by atoms with E-state index in [2.05, 4.69) is 4.74 Å². The van der Waals surface area contributed by atoms with Crippen LogP contribution in [0.3, 0.4) is 0 Å². The molecule has 18 heavy (non-hydrogen) atoms. The molecule has 0 fully saturated rings. The van der Waals surface area contributed by atoms with Gasteiger partial charge in [-0.2, -0.15) is 0 Å². The average molecular weight is 283 g/mol. The Morgan fingerprint density at radius 2 is 1.83 bits per heavy atom. The average Bonchev–Trinajstić information content (AvgIpc) is 2.24. The van der Waals surface area contributed by atoms with Crippen molar-refractivity contribution in [3.05, 3.63) is 0 Å². The summed E-state index contributed by atoms with van der Waals surface area (Å²) in [6.45, 7) is -0.503. The second kappa shape index (κ2) is 7.14. The number of carboxylic acids is 2. The summed E-state index contributed by atoms with van der Waals surface area (Å²) in [5.41, 5.74) is -2.91. The summed E-state index contributed by atoms with van der Waals surface area (Å²) in [4.78, 5) is 31.9. The van der Waals surface area contributed by atoms with Crippen LogP contribution in [0.5, 0.6) is 0 Å². The lowest BCUT2D eigenvalue weighted by Crippen LogP contribution is -2.52. The van der Waals surface area contributed by atoms with E-state index in [1.165, 1.54) is 0 Å². The number of ether oxygens (including phenoxy) is 1. The van der Waals surface area contributed by atoms with Crippen molar-refractivity contribution in [2.24, 2.45) is 0 Å². The second-order valence-corrected chi connectivity index (χ2v) is 3.84. The molecule has 0 aliphatic rings. The molecule has 104 valence electrons. The Balaban J connectivity index is 4.46. The predicted molar refractivity (Wildman–Crippen MR) is 51.9 cm³/mol. The molecule has 0 aliphatic heterocycles. The Bertz CT molecular complexity index is 331. The van der Waals surface area contributed by atoms with Crippen molar-refractivity contribution in [3.63, 3.8) is 0 Å². The molecule has 0 aliphatic carbocycles. The van der Waals surface area contributed by atoms with E-state index in [1.807, 2.05) is 0 Å². The molecule has 0 radical (unpaired) electrons. The van der Waals surface area contributed by atoms with E-state index in [4.69, 9.17) is 16.7 Å². The van der Waals surface area contributed by atoms with Crippen LogP contribution in [0.2, 0.25) is 0 Å². The van der Waals surface area contributed by atoms with Crippen LogP contribution in [0.15, 0.2) is 0 Å². The molecule has 0 aromatic carbocycles. The zero-order valence-corrected chi connectivity index (χ0v) is 9.88. The summed E-state index contributed by atoms with van der Waals surface area (Å²) in [5.74, 6) is -5.43. The van der Waals surface area contributed by atoms with Gasteiger partial charge in [-0.05, 0) is 0 Å². The fraction of sp³-hybridized carbons (Fsp3) is 0.667. The molecule has 0 bridgehead atoms. The molecular weight excluding hydrogens is 272 g/mol. The summed E-state index contributed by atoms with van der Waals surface area (Å²) in [5, 5.41) is 39.1. The van der Waals surface area contributed by atoms with Crippen LogP contribution in [0.4, 0.5) is 0 Å². The van der Waals surface area contributed by atoms with Gasteiger partial charge in [0.15, 0.2) is 0 Å². The third kappa shape index (κ3) is 5.80. The van der Waals surface area contributed by atoms with Crippen molar-refractivity contribution in [1.82, 2.24) is 0 Å². The monoisotopic (exact) mass is 282 g/mol. The molecule has 0 spiro atoms. The van der Waals surface area contributed by atoms with Gasteiger partial charge in [-0.3, -0.25) is 4.79 Å². The lowest BCUT2D eigenvalue weighted by molar-refractivity contribution is -0.333. The topological polar surface area (TPSA) is 147 Å². The first-order chi connectivity index (χ1) is 8.21. The molecule has 0 aromatic rings. The van der Waals surface area contributed by atoms with Crippen molar-refractivity contribution >= 4 is 29.5 Å². The molecule has 0 heterocycles. The quantitative estimate of drug-likeness (QED) is 0.339. The van der Waals surface area contributed by atoms with Crippen LogP contribution < -0.4 is 10.2 Å². The first-order valence-corrected chi connectivity index (χ1v) is 5.28. The Labute approximate surface area is 107 Å². The van der Waals surface area contributed by atoms with E-state index in [0.29, 0.717) is 0 Å². The zero-order chi connectivity index (χ0) is 14.3. The Hall–Kier alpha value is -1.38. The highest BCUT2D eigenvalue weighted by Gasteiger charge is 2.33. The van der Waals surface area contributed by atoms with E-state index in [1.54, 1.807) is 0 Å². The lowest BCUT2D eigenvalue weighted by atomic mass is 9.96. The van der Waals surface area contributed by atoms with Gasteiger partial charge in [0.05, 0.1) is 18.3 Å². The van der Waals surface area contributed by atoms with Crippen molar-refractivity contribution in [2.45, 2.75) is 24.5 Å². The number of carbonyl (C=O) groups excluding carboxylic acids is 3. The number of hydrogen-bond acceptors (Lipinski definition) is 8. The van der Waals surface area contributed by atoms with Gasteiger partial charge in [-0.25, -0.2) is 0 Å². The third-order valence-corrected chi connectivity index (χ3v) is 2.22. The molecule has 0 saturated heterocycles. The molecule has 9 heteroatoms. The minimum atomic E-state index is -2.91. The summed E-state index contributed by atoms with van der Waals surface area (Å²) < 4.78 is 4.38. The van der Waals surface area contributed by atoms with Gasteiger partial charge in [0.1, 0.15) is 18.3 Å². The molecule has 0 aromatic heterocycles. The highest BCUT2D eigenvalue weighted by atomic mass is 35.5. The van der Waals surface area contributed by atoms with E-state index in [9.17, 15) is 29.7 Å². The van der Waals surface area contributed by atoms with Crippen LogP contribution in [0.25, 0.3) is 0 Å². The minimum absolute atomic E-state index is 0.211. The van der Waals surface area contributed by atoms with Gasteiger partial charge in [0.25, 0.3) is 0 Å². The fourth-order valence-electron chi connectivity index (χ4n) is 0.969. The first-order valence-electron chi connectivity index (χ1n) is 4.74. The van der Waals surface area contributed by atoms with Gasteiger partial charge in [-0.1, -0.05) is 0 Å². The summed E-state index contributed by atoms with van der Waals surface area (Å²) in [6, 6.07) is 0.